The molecule has 216 valence electrons. The van der Waals surface area contributed by atoms with Crippen LogP contribution in [0.5, 0.6) is 0 Å². The van der Waals surface area contributed by atoms with Gasteiger partial charge in [-0.3, -0.25) is 4.21 Å². The van der Waals surface area contributed by atoms with Gasteiger partial charge in [0, 0.05) is 12.3 Å². The Labute approximate surface area is 243 Å². The number of hydrogen-bond acceptors (Lipinski definition) is 7. The van der Waals surface area contributed by atoms with Gasteiger partial charge in [-0.05, 0) is 73.2 Å². The number of furan rings is 1. The van der Waals surface area contributed by atoms with Crippen molar-refractivity contribution >= 4 is 27.1 Å². The van der Waals surface area contributed by atoms with E-state index in [1.54, 1.807) is 39.0 Å². The van der Waals surface area contributed by atoms with Crippen LogP contribution in [-0.2, 0) is 44.7 Å². The van der Waals surface area contributed by atoms with Gasteiger partial charge < -0.3 is 13.7 Å². The summed E-state index contributed by atoms with van der Waals surface area (Å²) in [5.74, 6) is -0.363. The van der Waals surface area contributed by atoms with Crippen LogP contribution in [0.3, 0.4) is 0 Å². The molecule has 4 aromatic rings. The number of hydrogen-bond donors (Lipinski definition) is 0. The highest BCUT2D eigenvalue weighted by Crippen LogP contribution is 2.29. The van der Waals surface area contributed by atoms with Crippen molar-refractivity contribution in [2.75, 3.05) is 6.61 Å². The second kappa shape index (κ2) is 12.9. The number of nitrogens with zero attached hydrogens (tertiary/aromatic N) is 1. The normalized spacial score (nSPS) is 12.4. The summed E-state index contributed by atoms with van der Waals surface area (Å²) in [7, 11) is -3.98. The summed E-state index contributed by atoms with van der Waals surface area (Å²) in [6, 6.07) is 21.5. The summed E-state index contributed by atoms with van der Waals surface area (Å²) < 4.78 is 62.4. The first-order valence-corrected chi connectivity index (χ1v) is 15.7. The van der Waals surface area contributed by atoms with E-state index in [9.17, 15) is 22.0 Å². The minimum absolute atomic E-state index is 0.00860. The van der Waals surface area contributed by atoms with Crippen LogP contribution in [0.1, 0.15) is 51.1 Å². The van der Waals surface area contributed by atoms with Gasteiger partial charge >= 0.3 is 5.97 Å². The third kappa shape index (κ3) is 7.39. The van der Waals surface area contributed by atoms with Crippen LogP contribution >= 0.6 is 0 Å². The molecule has 41 heavy (non-hydrogen) atoms. The molecule has 1 unspecified atom stereocenters. The standard InChI is InChI=1S/C31H33NO7S2/c1-5-38-31(33)29-14-13-28(39-29)19-32(41(36,37)30-22(3)15-21(2)16-23(30)4)18-24-9-11-26(12-10-24)27-8-6-7-25(17-27)20-40(34)35/h6-17H,5,18-20H2,1-4H3,(H,34,35)/p-1. The highest BCUT2D eigenvalue weighted by molar-refractivity contribution is 7.89. The third-order valence-corrected chi connectivity index (χ3v) is 9.20. The van der Waals surface area contributed by atoms with Gasteiger partial charge in [-0.2, -0.15) is 4.31 Å². The van der Waals surface area contributed by atoms with Crippen molar-refractivity contribution in [3.63, 3.8) is 0 Å². The molecule has 0 aliphatic heterocycles. The lowest BCUT2D eigenvalue weighted by atomic mass is 10.0. The van der Waals surface area contributed by atoms with Gasteiger partial charge in [0.05, 0.1) is 18.0 Å². The molecule has 8 nitrogen and oxygen atoms in total. The molecule has 1 heterocycles. The molecule has 0 amide bonds. The van der Waals surface area contributed by atoms with Gasteiger partial charge in [-0.15, -0.1) is 0 Å². The van der Waals surface area contributed by atoms with Crippen LogP contribution in [0.25, 0.3) is 11.1 Å². The van der Waals surface area contributed by atoms with Crippen molar-refractivity contribution in [1.82, 2.24) is 4.31 Å². The molecule has 0 spiro atoms. The summed E-state index contributed by atoms with van der Waals surface area (Å²) in [6.07, 6.45) is 0. The summed E-state index contributed by atoms with van der Waals surface area (Å²) in [5.41, 5.74) is 5.42. The third-order valence-electron chi connectivity index (χ3n) is 6.53. The van der Waals surface area contributed by atoms with Crippen molar-refractivity contribution in [3.8, 4) is 11.1 Å². The molecule has 0 radical (unpaired) electrons. The van der Waals surface area contributed by atoms with Crippen molar-refractivity contribution in [2.45, 2.75) is 51.4 Å². The van der Waals surface area contributed by atoms with Gasteiger partial charge in [0.25, 0.3) is 0 Å². The monoisotopic (exact) mass is 594 g/mol. The van der Waals surface area contributed by atoms with Crippen LogP contribution in [0.4, 0.5) is 0 Å². The summed E-state index contributed by atoms with van der Waals surface area (Å²) in [5, 5.41) is 0. The average molecular weight is 595 g/mol. The first-order valence-electron chi connectivity index (χ1n) is 13.1. The van der Waals surface area contributed by atoms with E-state index in [4.69, 9.17) is 9.15 Å². The molecule has 0 fully saturated rings. The van der Waals surface area contributed by atoms with Crippen molar-refractivity contribution in [2.24, 2.45) is 0 Å². The fourth-order valence-corrected chi connectivity index (χ4v) is 7.12. The Morgan fingerprint density at radius 1 is 0.902 bits per heavy atom. The molecule has 0 aliphatic carbocycles. The van der Waals surface area contributed by atoms with Gasteiger partial charge in [0.15, 0.2) is 0 Å². The largest absolute Gasteiger partial charge is 0.772 e. The topological polar surface area (TPSA) is 117 Å². The van der Waals surface area contributed by atoms with Crippen LogP contribution in [0.15, 0.2) is 82.1 Å². The highest BCUT2D eigenvalue weighted by Gasteiger charge is 2.29. The van der Waals surface area contributed by atoms with E-state index in [0.29, 0.717) is 22.5 Å². The van der Waals surface area contributed by atoms with E-state index in [1.165, 1.54) is 10.4 Å². The number of carbonyl (C=O) groups excluding carboxylic acids is 1. The lowest BCUT2D eigenvalue weighted by Gasteiger charge is -2.24. The number of sulfonamides is 1. The number of ether oxygens (including phenoxy) is 1. The molecule has 1 aromatic heterocycles. The molecule has 0 bridgehead atoms. The van der Waals surface area contributed by atoms with E-state index in [2.05, 4.69) is 0 Å². The minimum Gasteiger partial charge on any atom is -0.772 e. The summed E-state index contributed by atoms with van der Waals surface area (Å²) in [4.78, 5) is 12.4. The fraction of sp³-hybridized carbons (Fsp3) is 0.258. The molecule has 4 rings (SSSR count). The average Bonchev–Trinajstić information content (AvgIpc) is 3.37. The summed E-state index contributed by atoms with van der Waals surface area (Å²) >= 11 is -2.19. The number of aryl methyl sites for hydroxylation is 3. The molecule has 0 aliphatic rings. The number of rotatable bonds is 11. The Kier molecular flexibility index (Phi) is 9.60. The minimum atomic E-state index is -3.98. The van der Waals surface area contributed by atoms with Gasteiger partial charge in [0.1, 0.15) is 5.76 Å². The van der Waals surface area contributed by atoms with E-state index in [0.717, 1.165) is 22.3 Å². The van der Waals surface area contributed by atoms with Gasteiger partial charge in [-0.25, -0.2) is 13.2 Å². The van der Waals surface area contributed by atoms with E-state index < -0.39 is 27.1 Å². The quantitative estimate of drug-likeness (QED) is 0.159. The molecule has 0 N–H and O–H groups in total. The summed E-state index contributed by atoms with van der Waals surface area (Å²) in [6.45, 7) is 7.33. The first-order chi connectivity index (χ1) is 19.5. The zero-order valence-electron chi connectivity index (χ0n) is 23.4. The van der Waals surface area contributed by atoms with Gasteiger partial charge in [-0.1, -0.05) is 77.3 Å². The van der Waals surface area contributed by atoms with Crippen LogP contribution < -0.4 is 0 Å². The second-order valence-electron chi connectivity index (χ2n) is 9.83. The fourth-order valence-electron chi connectivity index (χ4n) is 4.86. The van der Waals surface area contributed by atoms with Crippen LogP contribution in [0.2, 0.25) is 0 Å². The smallest absolute Gasteiger partial charge is 0.374 e. The Morgan fingerprint density at radius 3 is 2.22 bits per heavy atom. The molecule has 3 aromatic carbocycles. The lowest BCUT2D eigenvalue weighted by Crippen LogP contribution is -2.31. The molecule has 1 atom stereocenters. The maximum Gasteiger partial charge on any atom is 0.374 e. The zero-order chi connectivity index (χ0) is 29.7. The first kappa shape index (κ1) is 30.4. The van der Waals surface area contributed by atoms with E-state index in [-0.39, 0.29) is 36.1 Å². The Hall–Kier alpha value is -3.57. The van der Waals surface area contributed by atoms with Crippen molar-refractivity contribution in [3.05, 3.63) is 112 Å². The number of esters is 1. The Morgan fingerprint density at radius 2 is 1.59 bits per heavy atom. The number of carbonyl (C=O) groups is 1. The predicted molar refractivity (Wildman–Crippen MR) is 156 cm³/mol. The lowest BCUT2D eigenvalue weighted by molar-refractivity contribution is 0.0487. The zero-order valence-corrected chi connectivity index (χ0v) is 25.0. The maximum absolute atomic E-state index is 14.1. The Balaban J connectivity index is 1.67. The molecular formula is C31H32NO7S2-. The molecule has 10 heteroatoms. The van der Waals surface area contributed by atoms with Crippen molar-refractivity contribution < 1.29 is 31.1 Å². The highest BCUT2D eigenvalue weighted by atomic mass is 32.2. The second-order valence-corrected chi connectivity index (χ2v) is 12.6. The van der Waals surface area contributed by atoms with E-state index in [1.807, 2.05) is 55.5 Å². The Bertz CT molecular complexity index is 1650. The van der Waals surface area contributed by atoms with Crippen LogP contribution in [0, 0.1) is 20.8 Å². The van der Waals surface area contributed by atoms with Crippen LogP contribution in [-0.4, -0.2) is 34.1 Å². The van der Waals surface area contributed by atoms with Crippen molar-refractivity contribution in [1.29, 1.82) is 0 Å². The molecule has 0 saturated carbocycles. The SMILES string of the molecule is CCOC(=O)c1ccc(CN(Cc2ccc(-c3cccc(CS(=O)[O-])c3)cc2)S(=O)(=O)c2c(C)cc(C)cc2C)o1. The van der Waals surface area contributed by atoms with E-state index >= 15 is 0 Å². The molecule has 0 saturated heterocycles. The maximum atomic E-state index is 14.1. The predicted octanol–water partition coefficient (Wildman–Crippen LogP) is 5.82. The van der Waals surface area contributed by atoms with Gasteiger partial charge in [0.2, 0.25) is 15.8 Å². The molecular weight excluding hydrogens is 562 g/mol. The number of benzene rings is 3.